The van der Waals surface area contributed by atoms with Crippen molar-refractivity contribution in [1.82, 2.24) is 5.32 Å². The summed E-state index contributed by atoms with van der Waals surface area (Å²) in [6, 6.07) is -0.610. The van der Waals surface area contributed by atoms with Gasteiger partial charge in [0.05, 0.1) is 18.1 Å². The van der Waals surface area contributed by atoms with Crippen molar-refractivity contribution in [2.24, 2.45) is 11.8 Å². The lowest BCUT2D eigenvalue weighted by molar-refractivity contribution is -0.152. The highest BCUT2D eigenvalue weighted by Crippen LogP contribution is 2.37. The lowest BCUT2D eigenvalue weighted by Gasteiger charge is -2.37. The van der Waals surface area contributed by atoms with Crippen molar-refractivity contribution in [1.29, 1.82) is 0 Å². The summed E-state index contributed by atoms with van der Waals surface area (Å²) in [5, 5.41) is 14.2. The Kier molecular flexibility index (Phi) is 7.56. The molecule has 1 aliphatic heterocycles. The Hall–Kier alpha value is -0.880. The second kappa shape index (κ2) is 8.67. The molecule has 0 bridgehead atoms. The lowest BCUT2D eigenvalue weighted by atomic mass is 9.79. The molecule has 0 unspecified atom stereocenters. The molecule has 1 saturated heterocycles. The Morgan fingerprint density at radius 3 is 2.68 bits per heavy atom. The van der Waals surface area contributed by atoms with Gasteiger partial charge in [-0.15, -0.1) is 0 Å². The summed E-state index contributed by atoms with van der Waals surface area (Å²) in [5.74, 6) is -0.742. The molecule has 2 N–H and O–H groups in total. The second-order valence-corrected chi connectivity index (χ2v) is 6.61. The SMILES string of the molecule is CC/C=C\[C@H](CC)[C@H](O)[C@H]1NC(=O)[C@H](CCBr)[C@]1(C)OC=O. The minimum Gasteiger partial charge on any atom is -0.458 e. The normalized spacial score (nSPS) is 31.0. The van der Waals surface area contributed by atoms with Crippen molar-refractivity contribution in [3.8, 4) is 0 Å². The van der Waals surface area contributed by atoms with Gasteiger partial charge in [0, 0.05) is 11.2 Å². The average molecular weight is 376 g/mol. The van der Waals surface area contributed by atoms with E-state index in [1.54, 1.807) is 6.92 Å². The van der Waals surface area contributed by atoms with Gasteiger partial charge in [-0.3, -0.25) is 9.59 Å². The number of allylic oxidation sites excluding steroid dienone is 1. The molecule has 1 heterocycles. The van der Waals surface area contributed by atoms with Crippen molar-refractivity contribution >= 4 is 28.3 Å². The molecule has 0 aromatic rings. The van der Waals surface area contributed by atoms with E-state index < -0.39 is 23.7 Å². The minimum absolute atomic E-state index is 0.0949. The number of ether oxygens (including phenoxy) is 1. The molecule has 6 heteroatoms. The Balaban J connectivity index is 3.06. The number of rotatable bonds is 9. The first-order chi connectivity index (χ1) is 10.5. The highest BCUT2D eigenvalue weighted by molar-refractivity contribution is 9.09. The Morgan fingerprint density at radius 1 is 1.50 bits per heavy atom. The predicted octanol–water partition coefficient (Wildman–Crippen LogP) is 2.17. The number of hydrogen-bond acceptors (Lipinski definition) is 4. The first-order valence-corrected chi connectivity index (χ1v) is 8.90. The van der Waals surface area contributed by atoms with Gasteiger partial charge in [0.15, 0.2) is 0 Å². The molecular weight excluding hydrogens is 350 g/mol. The van der Waals surface area contributed by atoms with E-state index >= 15 is 0 Å². The quantitative estimate of drug-likeness (QED) is 0.367. The molecule has 1 aliphatic rings. The van der Waals surface area contributed by atoms with Crippen LogP contribution >= 0.6 is 15.9 Å². The van der Waals surface area contributed by atoms with Crippen LogP contribution in [0, 0.1) is 11.8 Å². The van der Waals surface area contributed by atoms with Gasteiger partial charge in [0.2, 0.25) is 5.91 Å². The maximum absolute atomic E-state index is 12.2. The largest absolute Gasteiger partial charge is 0.458 e. The number of carbonyl (C=O) groups is 2. The van der Waals surface area contributed by atoms with Crippen LogP contribution < -0.4 is 5.32 Å². The molecular formula is C16H26BrNO4. The zero-order chi connectivity index (χ0) is 16.8. The number of halogens is 1. The summed E-state index contributed by atoms with van der Waals surface area (Å²) < 4.78 is 5.29. The van der Waals surface area contributed by atoms with Crippen LogP contribution in [0.15, 0.2) is 12.2 Å². The Morgan fingerprint density at radius 2 is 2.18 bits per heavy atom. The number of amides is 1. The molecule has 0 aromatic carbocycles. The summed E-state index contributed by atoms with van der Waals surface area (Å²) in [7, 11) is 0. The first-order valence-electron chi connectivity index (χ1n) is 7.78. The fourth-order valence-corrected chi connectivity index (χ4v) is 3.59. The van der Waals surface area contributed by atoms with Crippen molar-refractivity contribution in [2.75, 3.05) is 5.33 Å². The van der Waals surface area contributed by atoms with E-state index in [9.17, 15) is 14.7 Å². The van der Waals surface area contributed by atoms with E-state index in [1.165, 1.54) is 0 Å². The van der Waals surface area contributed by atoms with Crippen LogP contribution in [0.2, 0.25) is 0 Å². The number of nitrogens with one attached hydrogen (secondary N) is 1. The van der Waals surface area contributed by atoms with Crippen LogP contribution in [0.1, 0.15) is 40.0 Å². The zero-order valence-electron chi connectivity index (χ0n) is 13.4. The van der Waals surface area contributed by atoms with Gasteiger partial charge in [-0.05, 0) is 26.2 Å². The molecule has 22 heavy (non-hydrogen) atoms. The molecule has 1 rings (SSSR count). The number of carbonyl (C=O) groups excluding carboxylic acids is 2. The standard InChI is InChI=1S/C16H26BrNO4/c1-4-6-7-11(5-2)13(20)14-16(3,22-10-19)12(8-9-17)15(21)18-14/h6-7,10-14,20H,4-5,8-9H2,1-3H3,(H,18,21)/b7-6-/t11-,12-,13-,14+,16-/m0/s1. The van der Waals surface area contributed by atoms with E-state index in [4.69, 9.17) is 4.74 Å². The van der Waals surface area contributed by atoms with Gasteiger partial charge >= 0.3 is 0 Å². The van der Waals surface area contributed by atoms with Crippen LogP contribution in [0.25, 0.3) is 0 Å². The molecule has 0 aliphatic carbocycles. The van der Waals surface area contributed by atoms with Crippen molar-refractivity contribution in [2.45, 2.75) is 57.8 Å². The molecule has 0 spiro atoms. The van der Waals surface area contributed by atoms with Crippen LogP contribution in [0.3, 0.4) is 0 Å². The summed E-state index contributed by atoms with van der Waals surface area (Å²) in [6.07, 6.45) is 5.33. The summed E-state index contributed by atoms with van der Waals surface area (Å²) >= 11 is 3.33. The predicted molar refractivity (Wildman–Crippen MR) is 88.6 cm³/mol. The van der Waals surface area contributed by atoms with Crippen LogP contribution in [0.5, 0.6) is 0 Å². The average Bonchev–Trinajstić information content (AvgIpc) is 2.73. The van der Waals surface area contributed by atoms with Crippen LogP contribution in [0.4, 0.5) is 0 Å². The molecule has 5 nitrogen and oxygen atoms in total. The molecule has 1 fully saturated rings. The third-order valence-corrected chi connectivity index (χ3v) is 4.95. The number of hydrogen-bond donors (Lipinski definition) is 2. The first kappa shape index (κ1) is 19.2. The van der Waals surface area contributed by atoms with E-state index in [-0.39, 0.29) is 11.8 Å². The third kappa shape index (κ3) is 3.90. The lowest BCUT2D eigenvalue weighted by Crippen LogP contribution is -2.54. The molecule has 0 saturated carbocycles. The van der Waals surface area contributed by atoms with Gasteiger partial charge in [0.25, 0.3) is 6.47 Å². The summed E-state index contributed by atoms with van der Waals surface area (Å²) in [4.78, 5) is 23.2. The van der Waals surface area contributed by atoms with Gasteiger partial charge < -0.3 is 15.2 Å². The molecule has 1 amide bonds. The Labute approximate surface area is 140 Å². The maximum Gasteiger partial charge on any atom is 0.293 e. The highest BCUT2D eigenvalue weighted by Gasteiger charge is 2.56. The summed E-state index contributed by atoms with van der Waals surface area (Å²) in [6.45, 7) is 6.10. The van der Waals surface area contributed by atoms with Gasteiger partial charge in [-0.25, -0.2) is 0 Å². The number of aliphatic hydroxyl groups excluding tert-OH is 1. The van der Waals surface area contributed by atoms with Gasteiger partial charge in [-0.2, -0.15) is 0 Å². The maximum atomic E-state index is 12.2. The topological polar surface area (TPSA) is 75.6 Å². The smallest absolute Gasteiger partial charge is 0.293 e. The Bertz CT molecular complexity index is 415. The van der Waals surface area contributed by atoms with E-state index in [2.05, 4.69) is 21.2 Å². The number of aliphatic hydroxyl groups is 1. The van der Waals surface area contributed by atoms with E-state index in [0.29, 0.717) is 18.2 Å². The van der Waals surface area contributed by atoms with E-state index in [0.717, 1.165) is 12.8 Å². The highest BCUT2D eigenvalue weighted by atomic mass is 79.9. The fraction of sp³-hybridized carbons (Fsp3) is 0.750. The van der Waals surface area contributed by atoms with Crippen molar-refractivity contribution < 1.29 is 19.4 Å². The summed E-state index contributed by atoms with van der Waals surface area (Å²) in [5.41, 5.74) is -1.04. The molecule has 0 radical (unpaired) electrons. The minimum atomic E-state index is -1.04. The van der Waals surface area contributed by atoms with Crippen LogP contribution in [-0.4, -0.2) is 40.6 Å². The second-order valence-electron chi connectivity index (χ2n) is 5.81. The molecule has 5 atom stereocenters. The van der Waals surface area contributed by atoms with Gasteiger partial charge in [0.1, 0.15) is 5.60 Å². The monoisotopic (exact) mass is 375 g/mol. The van der Waals surface area contributed by atoms with Gasteiger partial charge in [-0.1, -0.05) is 41.9 Å². The molecule has 0 aromatic heterocycles. The fourth-order valence-electron chi connectivity index (χ4n) is 3.13. The van der Waals surface area contributed by atoms with E-state index in [1.807, 2.05) is 26.0 Å². The molecule has 126 valence electrons. The van der Waals surface area contributed by atoms with Crippen molar-refractivity contribution in [3.05, 3.63) is 12.2 Å². The zero-order valence-corrected chi connectivity index (χ0v) is 15.0. The van der Waals surface area contributed by atoms with Crippen molar-refractivity contribution in [3.63, 3.8) is 0 Å². The van der Waals surface area contributed by atoms with Crippen LogP contribution in [-0.2, 0) is 14.3 Å². The third-order valence-electron chi connectivity index (χ3n) is 4.49. The number of alkyl halides is 1.